The zero-order chi connectivity index (χ0) is 25.5. The molecule has 12 nitrogen and oxygen atoms in total. The lowest BCUT2D eigenvalue weighted by molar-refractivity contribution is -0.118. The number of rotatable bonds is 5. The molecule has 2 saturated heterocycles. The molecule has 3 aromatic rings. The molecule has 12 heteroatoms. The third kappa shape index (κ3) is 4.44. The molecule has 6 rings (SSSR count). The van der Waals surface area contributed by atoms with Crippen molar-refractivity contribution in [1.29, 1.82) is 0 Å². The fourth-order valence-electron chi connectivity index (χ4n) is 5.08. The summed E-state index contributed by atoms with van der Waals surface area (Å²) in [5.41, 5.74) is 0.461. The van der Waals surface area contributed by atoms with Crippen LogP contribution in [-0.2, 0) is 16.1 Å². The number of nitrogens with one attached hydrogen (secondary N) is 1. The van der Waals surface area contributed by atoms with E-state index in [2.05, 4.69) is 20.2 Å². The van der Waals surface area contributed by atoms with Gasteiger partial charge in [0.05, 0.1) is 7.11 Å². The molecule has 0 aliphatic carbocycles. The van der Waals surface area contributed by atoms with Crippen molar-refractivity contribution in [2.24, 2.45) is 5.92 Å². The first-order chi connectivity index (χ1) is 18.0. The van der Waals surface area contributed by atoms with Crippen LogP contribution in [0.25, 0.3) is 11.0 Å². The smallest absolute Gasteiger partial charge is 0.415 e. The number of carbonyl (C=O) groups is 2. The lowest BCUT2D eigenvalue weighted by Gasteiger charge is -2.43. The number of hydrogen-bond acceptors (Lipinski definition) is 9. The quantitative estimate of drug-likeness (QED) is 0.547. The van der Waals surface area contributed by atoms with E-state index in [4.69, 9.17) is 14.2 Å². The number of ether oxygens (including phenoxy) is 3. The van der Waals surface area contributed by atoms with Gasteiger partial charge in [-0.3, -0.25) is 24.0 Å². The van der Waals surface area contributed by atoms with Gasteiger partial charge >= 0.3 is 6.09 Å². The molecule has 2 fully saturated rings. The number of piperidine rings is 1. The third-order valence-electron chi connectivity index (χ3n) is 7.06. The average molecular weight is 507 g/mol. The molecule has 0 spiro atoms. The van der Waals surface area contributed by atoms with Gasteiger partial charge in [-0.15, -0.1) is 0 Å². The summed E-state index contributed by atoms with van der Waals surface area (Å²) in [5.74, 6) is 1.49. The van der Waals surface area contributed by atoms with Gasteiger partial charge < -0.3 is 19.5 Å². The van der Waals surface area contributed by atoms with Gasteiger partial charge in [0, 0.05) is 49.6 Å². The number of pyridine rings is 3. The molecule has 37 heavy (non-hydrogen) atoms. The van der Waals surface area contributed by atoms with Gasteiger partial charge in [0.1, 0.15) is 17.6 Å². The Morgan fingerprint density at radius 3 is 2.78 bits per heavy atom. The highest BCUT2D eigenvalue weighted by atomic mass is 16.6. The van der Waals surface area contributed by atoms with Crippen molar-refractivity contribution >= 4 is 34.7 Å². The number of methoxy groups -OCH3 is 1. The highest BCUT2D eigenvalue weighted by Crippen LogP contribution is 2.33. The maximum absolute atomic E-state index is 12.9. The molecule has 6 heterocycles. The maximum atomic E-state index is 12.9. The molecule has 0 radical (unpaired) electrons. The van der Waals surface area contributed by atoms with Crippen molar-refractivity contribution in [3.63, 3.8) is 0 Å². The van der Waals surface area contributed by atoms with E-state index in [1.165, 1.54) is 4.90 Å². The predicted molar refractivity (Wildman–Crippen MR) is 133 cm³/mol. The second kappa shape index (κ2) is 9.36. The Kier molecular flexibility index (Phi) is 5.87. The number of amides is 2. The first-order valence-electron chi connectivity index (χ1n) is 12.2. The van der Waals surface area contributed by atoms with Crippen LogP contribution < -0.4 is 25.2 Å². The number of carbonyl (C=O) groups excluding carboxylic acids is 2. The second-order valence-corrected chi connectivity index (χ2v) is 9.32. The Morgan fingerprint density at radius 2 is 1.92 bits per heavy atom. The van der Waals surface area contributed by atoms with Crippen LogP contribution in [0.3, 0.4) is 0 Å². The van der Waals surface area contributed by atoms with E-state index in [-0.39, 0.29) is 30.1 Å². The van der Waals surface area contributed by atoms with Crippen LogP contribution in [-0.4, -0.2) is 77.4 Å². The monoisotopic (exact) mass is 506 g/mol. The van der Waals surface area contributed by atoms with Crippen molar-refractivity contribution in [1.82, 2.24) is 19.4 Å². The molecular weight excluding hydrogens is 480 g/mol. The molecule has 0 saturated carbocycles. The Balaban J connectivity index is 1.12. The van der Waals surface area contributed by atoms with Crippen LogP contribution in [0.4, 0.5) is 16.4 Å². The third-order valence-corrected chi connectivity index (χ3v) is 7.06. The highest BCUT2D eigenvalue weighted by Gasteiger charge is 2.40. The molecule has 2 atom stereocenters. The van der Waals surface area contributed by atoms with E-state index in [0.717, 1.165) is 18.4 Å². The summed E-state index contributed by atoms with van der Waals surface area (Å²) in [4.78, 5) is 49.7. The molecular formula is C25H26N6O6. The molecule has 3 aliphatic heterocycles. The largest absolute Gasteiger partial charge is 0.481 e. The summed E-state index contributed by atoms with van der Waals surface area (Å²) in [6, 6.07) is 10.3. The number of hydrogen-bond donors (Lipinski definition) is 1. The molecule has 192 valence electrons. The number of likely N-dealkylation sites (tertiary alicyclic amines) is 1. The lowest BCUT2D eigenvalue weighted by Crippen LogP contribution is -2.56. The fraction of sp³-hybridized carbons (Fsp3) is 0.400. The number of anilines is 2. The molecule has 3 aliphatic rings. The Hall–Kier alpha value is -4.19. The zero-order valence-electron chi connectivity index (χ0n) is 20.3. The minimum atomic E-state index is -0.472. The Labute approximate surface area is 211 Å². The summed E-state index contributed by atoms with van der Waals surface area (Å²) < 4.78 is 18.1. The molecule has 2 amide bonds. The summed E-state index contributed by atoms with van der Waals surface area (Å²) >= 11 is 0. The van der Waals surface area contributed by atoms with Gasteiger partial charge in [0.15, 0.2) is 18.2 Å². The molecule has 0 unspecified atom stereocenters. The minimum absolute atomic E-state index is 0.0557. The topological polar surface area (TPSA) is 128 Å². The summed E-state index contributed by atoms with van der Waals surface area (Å²) in [7, 11) is 1.55. The minimum Gasteiger partial charge on any atom is -0.481 e. The standard InChI is InChI=1S/C25H26N6O6/c1-35-21-6-2-15-3-7-22(33)30(24(15)28-21)11-10-29-9-8-16-12-31(25(34)37-18(16)13-29)19-5-4-17-23(26-19)27-20(32)14-36-17/h2-7,16,18H,8-14H2,1H3,(H,26,27,32)/t16-,18+/m1/s1. The van der Waals surface area contributed by atoms with Crippen LogP contribution in [0, 0.1) is 5.92 Å². The Morgan fingerprint density at radius 1 is 1.05 bits per heavy atom. The Bertz CT molecular complexity index is 1440. The fourth-order valence-corrected chi connectivity index (χ4v) is 5.08. The van der Waals surface area contributed by atoms with Gasteiger partial charge in [0.2, 0.25) is 5.88 Å². The van der Waals surface area contributed by atoms with Crippen LogP contribution >= 0.6 is 0 Å². The molecule has 0 bridgehead atoms. The van der Waals surface area contributed by atoms with E-state index >= 15 is 0 Å². The van der Waals surface area contributed by atoms with Crippen LogP contribution in [0.1, 0.15) is 6.42 Å². The SMILES string of the molecule is COc1ccc2ccc(=O)n(CCN3CC[C@@H]4CN(c5ccc6c(n5)NC(=O)CO6)C(=O)O[C@H]4C3)c2n1. The lowest BCUT2D eigenvalue weighted by atomic mass is 9.92. The molecule has 1 N–H and O–H groups in total. The van der Waals surface area contributed by atoms with Gasteiger partial charge in [-0.1, -0.05) is 0 Å². The number of nitrogens with zero attached hydrogens (tertiary/aromatic N) is 5. The first-order valence-corrected chi connectivity index (χ1v) is 12.2. The van der Waals surface area contributed by atoms with E-state index in [1.54, 1.807) is 42.0 Å². The van der Waals surface area contributed by atoms with E-state index in [9.17, 15) is 14.4 Å². The normalized spacial score (nSPS) is 21.5. The number of aromatic nitrogens is 3. The summed E-state index contributed by atoms with van der Waals surface area (Å²) in [6.45, 7) is 2.89. The van der Waals surface area contributed by atoms with Gasteiger partial charge in [0.25, 0.3) is 11.5 Å². The van der Waals surface area contributed by atoms with Crippen LogP contribution in [0.15, 0.2) is 41.2 Å². The van der Waals surface area contributed by atoms with E-state index in [0.29, 0.717) is 55.1 Å². The van der Waals surface area contributed by atoms with E-state index < -0.39 is 6.09 Å². The second-order valence-electron chi connectivity index (χ2n) is 9.32. The van der Waals surface area contributed by atoms with Gasteiger partial charge in [-0.05, 0) is 37.2 Å². The van der Waals surface area contributed by atoms with Crippen molar-refractivity contribution in [2.75, 3.05) is 50.1 Å². The van der Waals surface area contributed by atoms with Crippen molar-refractivity contribution in [3.8, 4) is 11.6 Å². The summed E-state index contributed by atoms with van der Waals surface area (Å²) in [6.07, 6.45) is 0.108. The van der Waals surface area contributed by atoms with Crippen LogP contribution in [0.5, 0.6) is 11.6 Å². The van der Waals surface area contributed by atoms with Crippen LogP contribution in [0.2, 0.25) is 0 Å². The van der Waals surface area contributed by atoms with E-state index in [1.807, 2.05) is 6.07 Å². The van der Waals surface area contributed by atoms with Gasteiger partial charge in [-0.2, -0.15) is 4.98 Å². The van der Waals surface area contributed by atoms with Crippen molar-refractivity contribution in [3.05, 3.63) is 46.8 Å². The van der Waals surface area contributed by atoms with Gasteiger partial charge in [-0.25, -0.2) is 9.78 Å². The number of fused-ring (bicyclic) bond motifs is 3. The maximum Gasteiger partial charge on any atom is 0.415 e. The zero-order valence-corrected chi connectivity index (χ0v) is 20.3. The van der Waals surface area contributed by atoms with Crippen molar-refractivity contribution in [2.45, 2.75) is 19.1 Å². The summed E-state index contributed by atoms with van der Waals surface area (Å²) in [5, 5.41) is 3.53. The molecule has 3 aromatic heterocycles. The predicted octanol–water partition coefficient (Wildman–Crippen LogP) is 1.48. The first kappa shape index (κ1) is 23.2. The average Bonchev–Trinajstić information content (AvgIpc) is 2.91. The molecule has 0 aromatic carbocycles. The van der Waals surface area contributed by atoms with Crippen molar-refractivity contribution < 1.29 is 23.8 Å². The highest BCUT2D eigenvalue weighted by molar-refractivity contribution is 5.95.